The van der Waals surface area contributed by atoms with E-state index in [2.05, 4.69) is 18.4 Å². The van der Waals surface area contributed by atoms with Crippen LogP contribution in [0.4, 0.5) is 0 Å². The van der Waals surface area contributed by atoms with E-state index < -0.39 is 0 Å². The molecule has 3 aromatic rings. The van der Waals surface area contributed by atoms with E-state index >= 15 is 0 Å². The molecule has 148 valence electrons. The normalized spacial score (nSPS) is 13.5. The Morgan fingerprint density at radius 3 is 2.71 bits per heavy atom. The number of aryl methyl sites for hydroxylation is 2. The van der Waals surface area contributed by atoms with E-state index in [1.807, 2.05) is 36.9 Å². The van der Waals surface area contributed by atoms with Gasteiger partial charge in [-0.05, 0) is 57.2 Å². The van der Waals surface area contributed by atoms with Crippen LogP contribution in [0.25, 0.3) is 16.8 Å². The van der Waals surface area contributed by atoms with Crippen molar-refractivity contribution in [2.45, 2.75) is 63.2 Å². The fourth-order valence-electron chi connectivity index (χ4n) is 3.97. The van der Waals surface area contributed by atoms with Crippen molar-refractivity contribution >= 4 is 29.0 Å². The lowest BCUT2D eigenvalue weighted by Crippen LogP contribution is -2.07. The number of halogens is 1. The number of hydrogen-bond donors (Lipinski definition) is 0. The van der Waals surface area contributed by atoms with Crippen LogP contribution in [-0.4, -0.2) is 27.0 Å². The van der Waals surface area contributed by atoms with Crippen molar-refractivity contribution < 1.29 is 4.74 Å². The third kappa shape index (κ3) is 3.29. The smallest absolute Gasteiger partial charge is 0.164 e. The third-order valence-electron chi connectivity index (χ3n) is 5.55. The molecule has 0 saturated carbocycles. The van der Waals surface area contributed by atoms with Crippen molar-refractivity contribution in [2.75, 3.05) is 7.11 Å². The van der Waals surface area contributed by atoms with Crippen LogP contribution in [0.2, 0.25) is 5.02 Å². The van der Waals surface area contributed by atoms with Crippen LogP contribution in [0.3, 0.4) is 0 Å². The van der Waals surface area contributed by atoms with Crippen LogP contribution in [0.1, 0.15) is 50.1 Å². The van der Waals surface area contributed by atoms with Crippen LogP contribution in [0.5, 0.6) is 5.75 Å². The summed E-state index contributed by atoms with van der Waals surface area (Å²) in [6.07, 6.45) is 5.61. The molecule has 0 atom stereocenters. The molecule has 0 unspecified atom stereocenters. The van der Waals surface area contributed by atoms with Crippen molar-refractivity contribution in [3.05, 3.63) is 40.2 Å². The number of aromatic nitrogens is 3. The molecule has 0 radical (unpaired) electrons. The summed E-state index contributed by atoms with van der Waals surface area (Å²) in [7, 11) is 1.65. The van der Waals surface area contributed by atoms with E-state index in [0.717, 1.165) is 53.9 Å². The van der Waals surface area contributed by atoms with Gasteiger partial charge in [0.25, 0.3) is 0 Å². The van der Waals surface area contributed by atoms with Crippen LogP contribution < -0.4 is 4.74 Å². The minimum atomic E-state index is 0.591. The molecular formula is C22H26ClN3OS. The maximum absolute atomic E-state index is 6.61. The predicted molar refractivity (Wildman–Crippen MR) is 117 cm³/mol. The highest BCUT2D eigenvalue weighted by molar-refractivity contribution is 7.99. The first-order valence-electron chi connectivity index (χ1n) is 9.99. The lowest BCUT2D eigenvalue weighted by Gasteiger charge is -2.16. The Morgan fingerprint density at radius 2 is 2.04 bits per heavy atom. The highest BCUT2D eigenvalue weighted by Gasteiger charge is 2.26. The summed E-state index contributed by atoms with van der Waals surface area (Å²) < 4.78 is 7.38. The number of thioether (sulfide) groups is 1. The molecule has 0 saturated heterocycles. The van der Waals surface area contributed by atoms with Crippen molar-refractivity contribution in [1.82, 2.24) is 14.6 Å². The summed E-state index contributed by atoms with van der Waals surface area (Å²) in [5, 5.41) is 7.44. The van der Waals surface area contributed by atoms with Gasteiger partial charge in [-0.3, -0.25) is 0 Å². The molecule has 2 aromatic heterocycles. The van der Waals surface area contributed by atoms with Crippen LogP contribution in [0.15, 0.2) is 23.2 Å². The van der Waals surface area contributed by atoms with Gasteiger partial charge in [0, 0.05) is 22.1 Å². The Morgan fingerprint density at radius 1 is 1.25 bits per heavy atom. The Hall–Kier alpha value is -1.72. The molecule has 0 aliphatic heterocycles. The zero-order chi connectivity index (χ0) is 19.8. The molecule has 1 aliphatic rings. The lowest BCUT2D eigenvalue weighted by atomic mass is 10.1. The second-order valence-electron chi connectivity index (χ2n) is 7.29. The lowest BCUT2D eigenvalue weighted by molar-refractivity contribution is 0.415. The molecule has 0 N–H and O–H groups in total. The summed E-state index contributed by atoms with van der Waals surface area (Å²) in [5.41, 5.74) is 6.46. The molecule has 1 aromatic carbocycles. The standard InChI is InChI=1S/C22H26ClN3OS/c1-5-15(6-2)28-22-17-8-7-9-19(17)24-21-20(13(3)25-26(21)22)16-11-10-14(27-4)12-18(16)23/h10-12,15H,5-9H2,1-4H3. The first kappa shape index (κ1) is 19.6. The second kappa shape index (κ2) is 7.96. The van der Waals surface area contributed by atoms with E-state index in [-0.39, 0.29) is 0 Å². The third-order valence-corrected chi connectivity index (χ3v) is 7.51. The summed E-state index contributed by atoms with van der Waals surface area (Å²) in [4.78, 5) is 5.05. The van der Waals surface area contributed by atoms with Gasteiger partial charge < -0.3 is 4.74 Å². The Kier molecular flexibility index (Phi) is 5.57. The topological polar surface area (TPSA) is 39.4 Å². The Bertz CT molecular complexity index is 1030. The Balaban J connectivity index is 1.94. The van der Waals surface area contributed by atoms with Crippen molar-refractivity contribution in [1.29, 1.82) is 0 Å². The molecule has 0 fully saturated rings. The zero-order valence-electron chi connectivity index (χ0n) is 16.9. The number of benzene rings is 1. The summed E-state index contributed by atoms with van der Waals surface area (Å²) >= 11 is 8.57. The molecule has 6 heteroatoms. The number of fused-ring (bicyclic) bond motifs is 2. The van der Waals surface area contributed by atoms with Gasteiger partial charge in [0.05, 0.1) is 23.4 Å². The average Bonchev–Trinajstić information content (AvgIpc) is 3.29. The molecule has 1 aliphatic carbocycles. The summed E-state index contributed by atoms with van der Waals surface area (Å²) in [6, 6.07) is 5.80. The van der Waals surface area contributed by atoms with Gasteiger partial charge in [0.15, 0.2) is 5.65 Å². The number of nitrogens with zero attached hydrogens (tertiary/aromatic N) is 3. The van der Waals surface area contributed by atoms with Crippen LogP contribution in [-0.2, 0) is 12.8 Å². The monoisotopic (exact) mass is 415 g/mol. The maximum Gasteiger partial charge on any atom is 0.164 e. The molecule has 0 bridgehead atoms. The van der Waals surface area contributed by atoms with Gasteiger partial charge in [-0.15, -0.1) is 11.8 Å². The predicted octanol–water partition coefficient (Wildman–Crippen LogP) is 6.14. The summed E-state index contributed by atoms with van der Waals surface area (Å²) in [5.74, 6) is 0.752. The fraction of sp³-hybridized carbons (Fsp3) is 0.455. The van der Waals surface area contributed by atoms with Crippen molar-refractivity contribution in [3.8, 4) is 16.9 Å². The SMILES string of the molecule is CCC(CC)Sc1c2c(nc3c(-c4ccc(OC)cc4Cl)c(C)nn13)CCC2. The fourth-order valence-corrected chi connectivity index (χ4v) is 5.48. The van der Waals surface area contributed by atoms with Crippen molar-refractivity contribution in [2.24, 2.45) is 0 Å². The highest BCUT2D eigenvalue weighted by Crippen LogP contribution is 2.40. The highest BCUT2D eigenvalue weighted by atomic mass is 35.5. The maximum atomic E-state index is 6.61. The molecule has 4 rings (SSSR count). The van der Waals surface area contributed by atoms with Crippen molar-refractivity contribution in [3.63, 3.8) is 0 Å². The minimum absolute atomic E-state index is 0.591. The number of methoxy groups -OCH3 is 1. The van der Waals surface area contributed by atoms with Crippen LogP contribution >= 0.6 is 23.4 Å². The van der Waals surface area contributed by atoms with Gasteiger partial charge in [-0.2, -0.15) is 5.10 Å². The quantitative estimate of drug-likeness (QED) is 0.358. The van der Waals surface area contributed by atoms with E-state index in [9.17, 15) is 0 Å². The van der Waals surface area contributed by atoms with Gasteiger partial charge in [0.2, 0.25) is 0 Å². The van der Waals surface area contributed by atoms with E-state index in [1.165, 1.54) is 22.7 Å². The van der Waals surface area contributed by atoms with Crippen LogP contribution in [0, 0.1) is 6.92 Å². The molecule has 2 heterocycles. The van der Waals surface area contributed by atoms with E-state index in [1.54, 1.807) is 7.11 Å². The summed E-state index contributed by atoms with van der Waals surface area (Å²) in [6.45, 7) is 6.56. The largest absolute Gasteiger partial charge is 0.497 e. The first-order chi connectivity index (χ1) is 13.6. The number of hydrogen-bond acceptors (Lipinski definition) is 4. The average molecular weight is 416 g/mol. The second-order valence-corrected chi connectivity index (χ2v) is 8.99. The van der Waals surface area contributed by atoms with E-state index in [0.29, 0.717) is 10.3 Å². The molecule has 28 heavy (non-hydrogen) atoms. The Labute approximate surface area is 175 Å². The van der Waals surface area contributed by atoms with E-state index in [4.69, 9.17) is 26.4 Å². The number of ether oxygens (including phenoxy) is 1. The number of rotatable bonds is 6. The first-order valence-corrected chi connectivity index (χ1v) is 11.2. The van der Waals surface area contributed by atoms with Gasteiger partial charge >= 0.3 is 0 Å². The van der Waals surface area contributed by atoms with Gasteiger partial charge in [-0.25, -0.2) is 9.50 Å². The van der Waals surface area contributed by atoms with Gasteiger partial charge in [0.1, 0.15) is 10.8 Å². The molecule has 0 spiro atoms. The molecular weight excluding hydrogens is 390 g/mol. The zero-order valence-corrected chi connectivity index (χ0v) is 18.5. The molecule has 0 amide bonds. The van der Waals surface area contributed by atoms with Gasteiger partial charge in [-0.1, -0.05) is 25.4 Å². The molecule has 4 nitrogen and oxygen atoms in total. The minimum Gasteiger partial charge on any atom is -0.497 e.